The number of aryl methyl sites for hydroxylation is 1. The zero-order chi connectivity index (χ0) is 35.9. The Hall–Kier alpha value is -4.94. The van der Waals surface area contributed by atoms with Crippen LogP contribution in [-0.2, 0) is 46.4 Å². The monoisotopic (exact) mass is 674 g/mol. The molecule has 6 nitrogen and oxygen atoms in total. The van der Waals surface area contributed by atoms with Crippen LogP contribution in [0.2, 0.25) is 0 Å². The van der Waals surface area contributed by atoms with Crippen molar-refractivity contribution in [3.63, 3.8) is 0 Å². The number of aliphatic carboxylic acids is 1. The molecule has 0 aliphatic heterocycles. The van der Waals surface area contributed by atoms with Crippen LogP contribution >= 0.6 is 0 Å². The molecular formula is C44H50O6. The Labute approximate surface area is 296 Å². The number of phenols is 1. The van der Waals surface area contributed by atoms with Crippen molar-refractivity contribution in [2.45, 2.75) is 77.2 Å². The van der Waals surface area contributed by atoms with E-state index < -0.39 is 17.5 Å². The number of hydrogen-bond donors (Lipinski definition) is 3. The molecule has 50 heavy (non-hydrogen) atoms. The predicted molar refractivity (Wildman–Crippen MR) is 199 cm³/mol. The summed E-state index contributed by atoms with van der Waals surface area (Å²) in [4.78, 5) is 23.0. The molecule has 0 fully saturated rings. The number of aliphatic hydroxyl groups is 1. The summed E-state index contributed by atoms with van der Waals surface area (Å²) in [6, 6.07) is 34.3. The first kappa shape index (κ1) is 37.9. The number of carbonyl (C=O) groups excluding carboxylic acids is 1. The fourth-order valence-corrected chi connectivity index (χ4v) is 6.39. The molecule has 1 aliphatic carbocycles. The van der Waals surface area contributed by atoms with Gasteiger partial charge < -0.3 is 20.1 Å². The molecule has 262 valence electrons. The van der Waals surface area contributed by atoms with Gasteiger partial charge in [0, 0.05) is 11.5 Å². The fraction of sp³-hybridized carbons (Fsp3) is 0.318. The number of benzene rings is 4. The first-order chi connectivity index (χ1) is 24.1. The maximum atomic E-state index is 11.6. The average molecular weight is 675 g/mol. The topological polar surface area (TPSA) is 104 Å². The number of hydrogen-bond acceptors (Lipinski definition) is 5. The molecule has 0 radical (unpaired) electrons. The van der Waals surface area contributed by atoms with Gasteiger partial charge in [0.05, 0.1) is 25.6 Å². The van der Waals surface area contributed by atoms with Crippen molar-refractivity contribution in [2.24, 2.45) is 5.92 Å². The summed E-state index contributed by atoms with van der Waals surface area (Å²) in [6.45, 7) is 3.89. The largest absolute Gasteiger partial charge is 0.507 e. The number of allylic oxidation sites excluding steroid dienone is 2. The minimum atomic E-state index is -1.17. The predicted octanol–water partition coefficient (Wildman–Crippen LogP) is 8.61. The first-order valence-electron chi connectivity index (χ1n) is 17.5. The second-order valence-corrected chi connectivity index (χ2v) is 13.2. The summed E-state index contributed by atoms with van der Waals surface area (Å²) in [7, 11) is 1.37. The van der Waals surface area contributed by atoms with E-state index in [4.69, 9.17) is 4.74 Å². The number of carboxylic acid groups (broad SMARTS) is 1. The van der Waals surface area contributed by atoms with Gasteiger partial charge >= 0.3 is 11.9 Å². The number of methoxy groups -OCH3 is 1. The normalized spacial score (nSPS) is 16.8. The van der Waals surface area contributed by atoms with Gasteiger partial charge in [0.15, 0.2) is 0 Å². The van der Waals surface area contributed by atoms with Crippen LogP contribution in [0.1, 0.15) is 72.9 Å². The maximum absolute atomic E-state index is 11.6. The summed E-state index contributed by atoms with van der Waals surface area (Å²) in [5.41, 5.74) is 6.93. The van der Waals surface area contributed by atoms with E-state index in [1.807, 2.05) is 84.9 Å². The van der Waals surface area contributed by atoms with Crippen molar-refractivity contribution in [1.29, 1.82) is 0 Å². The van der Waals surface area contributed by atoms with Gasteiger partial charge in [0.1, 0.15) is 5.75 Å². The van der Waals surface area contributed by atoms with Crippen molar-refractivity contribution in [3.8, 4) is 5.75 Å². The third-order valence-electron chi connectivity index (χ3n) is 9.22. The highest BCUT2D eigenvalue weighted by atomic mass is 16.5. The molecule has 1 aliphatic rings. The van der Waals surface area contributed by atoms with Gasteiger partial charge in [0.25, 0.3) is 0 Å². The molecule has 2 unspecified atom stereocenters. The summed E-state index contributed by atoms with van der Waals surface area (Å²) < 4.78 is 4.76. The van der Waals surface area contributed by atoms with Crippen LogP contribution < -0.4 is 0 Å². The molecule has 0 bridgehead atoms. The van der Waals surface area contributed by atoms with Gasteiger partial charge in [-0.2, -0.15) is 0 Å². The Morgan fingerprint density at radius 1 is 0.760 bits per heavy atom. The van der Waals surface area contributed by atoms with Gasteiger partial charge in [-0.25, -0.2) is 0 Å². The van der Waals surface area contributed by atoms with Crippen molar-refractivity contribution in [1.82, 2.24) is 0 Å². The number of ether oxygens (including phenoxy) is 1. The van der Waals surface area contributed by atoms with E-state index in [-0.39, 0.29) is 24.6 Å². The van der Waals surface area contributed by atoms with E-state index in [2.05, 4.69) is 37.3 Å². The maximum Gasteiger partial charge on any atom is 0.310 e. The third kappa shape index (κ3) is 11.3. The van der Waals surface area contributed by atoms with Gasteiger partial charge in [-0.3, -0.25) is 9.59 Å². The zero-order valence-corrected chi connectivity index (χ0v) is 29.5. The fourth-order valence-electron chi connectivity index (χ4n) is 6.39. The second-order valence-electron chi connectivity index (χ2n) is 13.2. The number of carboxylic acids is 1. The number of rotatable bonds is 14. The van der Waals surface area contributed by atoms with Crippen molar-refractivity contribution in [2.75, 3.05) is 7.11 Å². The van der Waals surface area contributed by atoms with Crippen LogP contribution in [0.3, 0.4) is 0 Å². The molecule has 4 aromatic rings. The van der Waals surface area contributed by atoms with Crippen molar-refractivity contribution >= 4 is 11.9 Å². The number of esters is 1. The second kappa shape index (κ2) is 18.7. The lowest BCUT2D eigenvalue weighted by Crippen LogP contribution is -2.40. The molecule has 0 aromatic heterocycles. The van der Waals surface area contributed by atoms with E-state index >= 15 is 0 Å². The molecule has 0 saturated carbocycles. The summed E-state index contributed by atoms with van der Waals surface area (Å²) in [5.74, 6) is -1.43. The molecule has 0 heterocycles. The van der Waals surface area contributed by atoms with Crippen LogP contribution in [0.5, 0.6) is 5.75 Å². The van der Waals surface area contributed by atoms with Crippen molar-refractivity contribution < 1.29 is 29.6 Å². The molecular weight excluding hydrogens is 624 g/mol. The van der Waals surface area contributed by atoms with Crippen LogP contribution in [-0.4, -0.2) is 40.0 Å². The standard InChI is InChI=1S/C23H24O3.C21H26O3/c1-23(26)20(13-18-10-6-3-7-11-18)14-19(15-21(23)16-22(24)25)12-17-8-4-2-5-9-17;1-3-4-6-11-18-13-17(12-16-9-7-5-8-10-16)14-19(21(18)23)15-20(22)24-2/h2-11,14-15,21,26H,12-13,16H2,1H3,(H,24,25);5,7-10,13-14,23H,3-4,6,11-12,15H2,1-2H3. The molecule has 2 atom stereocenters. The van der Waals surface area contributed by atoms with Crippen LogP contribution in [0, 0.1) is 5.92 Å². The number of phenolic OH excluding ortho intramolecular Hbond substituents is 1. The highest BCUT2D eigenvalue weighted by molar-refractivity contribution is 5.74. The zero-order valence-electron chi connectivity index (χ0n) is 29.5. The van der Waals surface area contributed by atoms with Crippen LogP contribution in [0.4, 0.5) is 0 Å². The smallest absolute Gasteiger partial charge is 0.310 e. The van der Waals surface area contributed by atoms with Gasteiger partial charge in [-0.1, -0.05) is 135 Å². The van der Waals surface area contributed by atoms with Crippen LogP contribution in [0.15, 0.2) is 126 Å². The number of aromatic hydroxyl groups is 1. The quantitative estimate of drug-likeness (QED) is 0.0914. The van der Waals surface area contributed by atoms with E-state index in [0.717, 1.165) is 66.4 Å². The lowest BCUT2D eigenvalue weighted by atomic mass is 9.73. The SMILES string of the molecule is CC1(O)C(Cc2ccccc2)=CC(Cc2ccccc2)=CC1CC(=O)O.CCCCCc1cc(Cc2ccccc2)cc(CC(=O)OC)c1O. The van der Waals surface area contributed by atoms with Gasteiger partial charge in [-0.05, 0) is 78.0 Å². The van der Waals surface area contributed by atoms with E-state index in [9.17, 15) is 24.9 Å². The molecule has 0 amide bonds. The Bertz CT molecular complexity index is 1740. The average Bonchev–Trinajstić information content (AvgIpc) is 3.10. The Morgan fingerprint density at radius 3 is 1.84 bits per heavy atom. The Kier molecular flexibility index (Phi) is 14.2. The molecule has 5 rings (SSSR count). The lowest BCUT2D eigenvalue weighted by molar-refractivity contribution is -0.140. The minimum Gasteiger partial charge on any atom is -0.507 e. The highest BCUT2D eigenvalue weighted by Crippen LogP contribution is 2.38. The molecule has 6 heteroatoms. The van der Waals surface area contributed by atoms with Gasteiger partial charge in [-0.15, -0.1) is 0 Å². The van der Waals surface area contributed by atoms with E-state index in [1.54, 1.807) is 6.92 Å². The third-order valence-corrected chi connectivity index (χ3v) is 9.22. The van der Waals surface area contributed by atoms with Crippen molar-refractivity contribution in [3.05, 3.63) is 160 Å². The number of carbonyl (C=O) groups is 2. The summed E-state index contributed by atoms with van der Waals surface area (Å²) >= 11 is 0. The summed E-state index contributed by atoms with van der Waals surface area (Å²) in [6.07, 6.45) is 10.2. The molecule has 3 N–H and O–H groups in total. The Morgan fingerprint density at radius 2 is 1.30 bits per heavy atom. The number of unbranched alkanes of at least 4 members (excludes halogenated alkanes) is 2. The van der Waals surface area contributed by atoms with E-state index in [0.29, 0.717) is 12.0 Å². The molecule has 4 aromatic carbocycles. The first-order valence-corrected chi connectivity index (χ1v) is 17.5. The minimum absolute atomic E-state index is 0.0859. The Balaban J connectivity index is 0.000000226. The highest BCUT2D eigenvalue weighted by Gasteiger charge is 2.38. The molecule has 0 saturated heterocycles. The van der Waals surface area contributed by atoms with E-state index in [1.165, 1.54) is 18.2 Å². The molecule has 0 spiro atoms. The summed E-state index contributed by atoms with van der Waals surface area (Å²) in [5, 5.41) is 30.9. The van der Waals surface area contributed by atoms with Gasteiger partial charge in [0.2, 0.25) is 0 Å². The lowest BCUT2D eigenvalue weighted by Gasteiger charge is -2.37. The van der Waals surface area contributed by atoms with Crippen LogP contribution in [0.25, 0.3) is 0 Å².